The van der Waals surface area contributed by atoms with Crippen LogP contribution in [0, 0.1) is 6.92 Å². The highest BCUT2D eigenvalue weighted by Crippen LogP contribution is 2.13. The Bertz CT molecular complexity index is 272. The Morgan fingerprint density at radius 2 is 2.36 bits per heavy atom. The number of rotatable bonds is 2. The van der Waals surface area contributed by atoms with Gasteiger partial charge in [0.2, 0.25) is 6.41 Å². The summed E-state index contributed by atoms with van der Waals surface area (Å²) in [5.41, 5.74) is 6.85. The molecule has 0 spiro atoms. The van der Waals surface area contributed by atoms with Gasteiger partial charge in [-0.15, -0.1) is 0 Å². The summed E-state index contributed by atoms with van der Waals surface area (Å²) < 4.78 is 0. The smallest absolute Gasteiger partial charge is 0.211 e. The van der Waals surface area contributed by atoms with E-state index in [2.05, 4.69) is 10.3 Å². The van der Waals surface area contributed by atoms with E-state index in [1.54, 1.807) is 12.1 Å². The molecular formula is C7H9N3O. The minimum absolute atomic E-state index is 0.345. The molecule has 0 fully saturated rings. The molecule has 0 saturated carbocycles. The monoisotopic (exact) mass is 151 g/mol. The normalized spacial score (nSPS) is 9.18. The van der Waals surface area contributed by atoms with Crippen molar-refractivity contribution < 1.29 is 4.79 Å². The topological polar surface area (TPSA) is 68.0 Å². The Balaban J connectivity index is 2.98. The number of hydrogen-bond donors (Lipinski definition) is 2. The number of pyridine rings is 1. The number of aromatic nitrogens is 1. The van der Waals surface area contributed by atoms with Crippen LogP contribution in [0.4, 0.5) is 11.5 Å². The minimum atomic E-state index is 0.345. The molecule has 0 aliphatic heterocycles. The number of carbonyl (C=O) groups is 1. The second-order valence-corrected chi connectivity index (χ2v) is 2.15. The number of amides is 1. The van der Waals surface area contributed by atoms with Crippen molar-refractivity contribution in [3.63, 3.8) is 0 Å². The van der Waals surface area contributed by atoms with Crippen LogP contribution in [0.5, 0.6) is 0 Å². The number of hydrogen-bond acceptors (Lipinski definition) is 3. The summed E-state index contributed by atoms with van der Waals surface area (Å²) in [6.45, 7) is 1.83. The van der Waals surface area contributed by atoms with Crippen LogP contribution in [-0.2, 0) is 4.79 Å². The Morgan fingerprint density at radius 1 is 1.64 bits per heavy atom. The standard InChI is InChI=1S/C7H9N3O/c1-5-2-3-6(9-4-11)7(8)10-5/h2-4H,1H3,(H2,8,10)(H,9,11). The van der Waals surface area contributed by atoms with E-state index in [4.69, 9.17) is 5.73 Å². The van der Waals surface area contributed by atoms with Gasteiger partial charge in [-0.05, 0) is 19.1 Å². The van der Waals surface area contributed by atoms with Crippen LogP contribution in [0.25, 0.3) is 0 Å². The van der Waals surface area contributed by atoms with Crippen molar-refractivity contribution in [3.8, 4) is 0 Å². The van der Waals surface area contributed by atoms with E-state index in [0.717, 1.165) is 5.69 Å². The molecule has 0 radical (unpaired) electrons. The maximum absolute atomic E-state index is 10.0. The zero-order valence-corrected chi connectivity index (χ0v) is 6.16. The summed E-state index contributed by atoms with van der Waals surface area (Å²) in [6, 6.07) is 3.49. The number of carbonyl (C=O) groups excluding carboxylic acids is 1. The summed E-state index contributed by atoms with van der Waals surface area (Å²) in [5, 5.41) is 2.43. The summed E-state index contributed by atoms with van der Waals surface area (Å²) in [5.74, 6) is 0.345. The highest BCUT2D eigenvalue weighted by molar-refractivity contribution is 5.77. The minimum Gasteiger partial charge on any atom is -0.382 e. The van der Waals surface area contributed by atoms with Gasteiger partial charge in [-0.3, -0.25) is 4.79 Å². The van der Waals surface area contributed by atoms with Gasteiger partial charge in [0.1, 0.15) is 5.82 Å². The SMILES string of the molecule is Cc1ccc(NC=O)c(N)n1. The highest BCUT2D eigenvalue weighted by atomic mass is 16.1. The van der Waals surface area contributed by atoms with Crippen LogP contribution in [0.1, 0.15) is 5.69 Å². The molecule has 0 saturated heterocycles. The van der Waals surface area contributed by atoms with Gasteiger partial charge >= 0.3 is 0 Å². The van der Waals surface area contributed by atoms with Crippen LogP contribution in [0.15, 0.2) is 12.1 Å². The third kappa shape index (κ3) is 1.67. The first-order valence-electron chi connectivity index (χ1n) is 3.17. The first-order valence-corrected chi connectivity index (χ1v) is 3.17. The number of nitrogens with zero attached hydrogens (tertiary/aromatic N) is 1. The van der Waals surface area contributed by atoms with Crippen molar-refractivity contribution in [3.05, 3.63) is 17.8 Å². The zero-order valence-electron chi connectivity index (χ0n) is 6.16. The molecule has 11 heavy (non-hydrogen) atoms. The predicted molar refractivity (Wildman–Crippen MR) is 43.1 cm³/mol. The van der Waals surface area contributed by atoms with Gasteiger partial charge in [-0.2, -0.15) is 0 Å². The van der Waals surface area contributed by atoms with Crippen LogP contribution >= 0.6 is 0 Å². The van der Waals surface area contributed by atoms with E-state index >= 15 is 0 Å². The van der Waals surface area contributed by atoms with Gasteiger partial charge in [0, 0.05) is 5.69 Å². The molecule has 1 aromatic rings. The lowest BCUT2D eigenvalue weighted by atomic mass is 10.3. The Kier molecular flexibility index (Phi) is 2.06. The number of nitrogens with two attached hydrogens (primary N) is 1. The Morgan fingerprint density at radius 3 is 2.91 bits per heavy atom. The average molecular weight is 151 g/mol. The van der Waals surface area contributed by atoms with E-state index in [1.165, 1.54) is 0 Å². The van der Waals surface area contributed by atoms with E-state index < -0.39 is 0 Å². The summed E-state index contributed by atoms with van der Waals surface area (Å²) in [7, 11) is 0. The Hall–Kier alpha value is -1.58. The summed E-state index contributed by atoms with van der Waals surface area (Å²) >= 11 is 0. The number of nitrogen functional groups attached to an aromatic ring is 1. The van der Waals surface area contributed by atoms with Gasteiger partial charge in [0.05, 0.1) is 5.69 Å². The molecule has 4 heteroatoms. The number of anilines is 2. The molecule has 1 rings (SSSR count). The van der Waals surface area contributed by atoms with Crippen LogP contribution < -0.4 is 11.1 Å². The lowest BCUT2D eigenvalue weighted by molar-refractivity contribution is -0.105. The highest BCUT2D eigenvalue weighted by Gasteiger charge is 1.97. The van der Waals surface area contributed by atoms with Crippen molar-refractivity contribution in [1.82, 2.24) is 4.98 Å². The lowest BCUT2D eigenvalue weighted by Gasteiger charge is -2.02. The molecule has 4 nitrogen and oxygen atoms in total. The van der Waals surface area contributed by atoms with Gasteiger partial charge < -0.3 is 11.1 Å². The first-order chi connectivity index (χ1) is 5.24. The first kappa shape index (κ1) is 7.53. The third-order valence-electron chi connectivity index (χ3n) is 1.28. The predicted octanol–water partition coefficient (Wildman–Crippen LogP) is 0.541. The molecule has 1 aromatic heterocycles. The van der Waals surface area contributed by atoms with Crippen molar-refractivity contribution in [2.75, 3.05) is 11.1 Å². The second-order valence-electron chi connectivity index (χ2n) is 2.15. The largest absolute Gasteiger partial charge is 0.382 e. The fraction of sp³-hybridized carbons (Fsp3) is 0.143. The summed E-state index contributed by atoms with van der Waals surface area (Å²) in [6.07, 6.45) is 0.572. The molecular weight excluding hydrogens is 142 g/mol. The van der Waals surface area contributed by atoms with E-state index in [1.807, 2.05) is 6.92 Å². The molecule has 3 N–H and O–H groups in total. The van der Waals surface area contributed by atoms with Gasteiger partial charge in [0.25, 0.3) is 0 Å². The van der Waals surface area contributed by atoms with Crippen LogP contribution in [-0.4, -0.2) is 11.4 Å². The average Bonchev–Trinajstić information content (AvgIpc) is 1.95. The summed E-state index contributed by atoms with van der Waals surface area (Å²) in [4.78, 5) is 14.0. The fourth-order valence-electron chi connectivity index (χ4n) is 0.762. The van der Waals surface area contributed by atoms with Crippen molar-refractivity contribution in [2.24, 2.45) is 0 Å². The quantitative estimate of drug-likeness (QED) is 0.606. The molecule has 0 aromatic carbocycles. The molecule has 0 atom stereocenters. The number of aryl methyl sites for hydroxylation is 1. The van der Waals surface area contributed by atoms with Crippen molar-refractivity contribution in [2.45, 2.75) is 6.92 Å². The molecule has 0 bridgehead atoms. The Labute approximate surface area is 64.4 Å². The molecule has 0 unspecified atom stereocenters. The molecule has 1 heterocycles. The van der Waals surface area contributed by atoms with E-state index in [9.17, 15) is 4.79 Å². The molecule has 58 valence electrons. The maximum Gasteiger partial charge on any atom is 0.211 e. The molecule has 0 aliphatic rings. The van der Waals surface area contributed by atoms with Gasteiger partial charge in [-0.1, -0.05) is 0 Å². The fourth-order valence-corrected chi connectivity index (χ4v) is 0.762. The van der Waals surface area contributed by atoms with Gasteiger partial charge in [-0.25, -0.2) is 4.98 Å². The maximum atomic E-state index is 10.0. The van der Waals surface area contributed by atoms with Crippen molar-refractivity contribution in [1.29, 1.82) is 0 Å². The molecule has 1 amide bonds. The lowest BCUT2D eigenvalue weighted by Crippen LogP contribution is -2.01. The zero-order chi connectivity index (χ0) is 8.27. The van der Waals surface area contributed by atoms with Crippen LogP contribution in [0.3, 0.4) is 0 Å². The molecule has 0 aliphatic carbocycles. The second kappa shape index (κ2) is 3.01. The third-order valence-corrected chi connectivity index (χ3v) is 1.28. The van der Waals surface area contributed by atoms with E-state index in [-0.39, 0.29) is 0 Å². The van der Waals surface area contributed by atoms with Crippen LogP contribution in [0.2, 0.25) is 0 Å². The van der Waals surface area contributed by atoms with E-state index in [0.29, 0.717) is 17.9 Å². The van der Waals surface area contributed by atoms with Gasteiger partial charge in [0.15, 0.2) is 0 Å². The number of nitrogens with one attached hydrogen (secondary N) is 1. The van der Waals surface area contributed by atoms with Crippen molar-refractivity contribution >= 4 is 17.9 Å².